The Morgan fingerprint density at radius 3 is 2.59 bits per heavy atom. The lowest BCUT2D eigenvalue weighted by Crippen LogP contribution is -2.21. The molecular weight excluding hydrogens is 369 g/mol. The Labute approximate surface area is 149 Å². The van der Waals surface area contributed by atoms with E-state index >= 15 is 0 Å². The highest BCUT2D eigenvalue weighted by molar-refractivity contribution is 6.08. The first-order chi connectivity index (χ1) is 12.7. The number of pyridine rings is 1. The minimum Gasteiger partial charge on any atom is -0.506 e. The Morgan fingerprint density at radius 1 is 1.26 bits per heavy atom. The lowest BCUT2D eigenvalue weighted by Gasteiger charge is -2.10. The van der Waals surface area contributed by atoms with E-state index in [4.69, 9.17) is 9.15 Å². The summed E-state index contributed by atoms with van der Waals surface area (Å²) < 4.78 is 47.9. The first kappa shape index (κ1) is 18.2. The van der Waals surface area contributed by atoms with Gasteiger partial charge in [0.2, 0.25) is 5.88 Å². The van der Waals surface area contributed by atoms with Crippen molar-refractivity contribution >= 4 is 22.6 Å². The molecule has 0 saturated heterocycles. The van der Waals surface area contributed by atoms with Crippen molar-refractivity contribution in [3.63, 3.8) is 0 Å². The summed E-state index contributed by atoms with van der Waals surface area (Å²) in [5.41, 5.74) is -3.36. The number of ether oxygens (including phenoxy) is 1. The number of halogens is 3. The van der Waals surface area contributed by atoms with E-state index in [1.807, 2.05) is 0 Å². The fourth-order valence-electron chi connectivity index (χ4n) is 2.33. The summed E-state index contributed by atoms with van der Waals surface area (Å²) in [5.74, 6) is -1.49. The number of aromatic hydroxyl groups is 1. The van der Waals surface area contributed by atoms with Crippen LogP contribution in [0.5, 0.6) is 11.6 Å². The molecule has 0 saturated carbocycles. The van der Waals surface area contributed by atoms with Crippen LogP contribution in [0.2, 0.25) is 0 Å². The molecule has 0 radical (unpaired) electrons. The van der Waals surface area contributed by atoms with Crippen molar-refractivity contribution < 1.29 is 32.2 Å². The van der Waals surface area contributed by atoms with Crippen molar-refractivity contribution in [2.75, 3.05) is 12.4 Å². The predicted molar refractivity (Wildman–Crippen MR) is 87.9 cm³/mol. The number of benzene rings is 1. The number of methoxy groups -OCH3 is 1. The number of carbonyl (C=O) groups excluding carboxylic acids is 1. The van der Waals surface area contributed by atoms with Crippen LogP contribution < -0.4 is 15.7 Å². The number of anilines is 1. The molecule has 2 heterocycles. The van der Waals surface area contributed by atoms with Crippen molar-refractivity contribution in [2.45, 2.75) is 6.18 Å². The Kier molecular flexibility index (Phi) is 4.48. The Morgan fingerprint density at radius 2 is 2.00 bits per heavy atom. The summed E-state index contributed by atoms with van der Waals surface area (Å²) in [6.07, 6.45) is -3.40. The van der Waals surface area contributed by atoms with E-state index in [-0.39, 0.29) is 11.1 Å². The fourth-order valence-corrected chi connectivity index (χ4v) is 2.33. The van der Waals surface area contributed by atoms with Gasteiger partial charge in [-0.1, -0.05) is 0 Å². The Balaban J connectivity index is 2.00. The van der Waals surface area contributed by atoms with Crippen molar-refractivity contribution in [3.05, 3.63) is 58.1 Å². The monoisotopic (exact) mass is 380 g/mol. The third-order valence-corrected chi connectivity index (χ3v) is 3.64. The first-order valence-corrected chi connectivity index (χ1v) is 7.39. The van der Waals surface area contributed by atoms with Gasteiger partial charge in [-0.15, -0.1) is 0 Å². The maximum atomic E-state index is 12.8. The Bertz CT molecular complexity index is 1070. The molecule has 2 N–H and O–H groups in total. The van der Waals surface area contributed by atoms with Gasteiger partial charge in [-0.05, 0) is 24.3 Å². The lowest BCUT2D eigenvalue weighted by molar-refractivity contribution is -0.137. The number of nitrogens with one attached hydrogen (secondary N) is 1. The number of fused-ring (bicyclic) bond motifs is 1. The van der Waals surface area contributed by atoms with Gasteiger partial charge >= 0.3 is 11.8 Å². The predicted octanol–water partition coefficient (Wildman–Crippen LogP) is 3.17. The maximum Gasteiger partial charge on any atom is 0.416 e. The Hall–Kier alpha value is -3.56. The van der Waals surface area contributed by atoms with Crippen LogP contribution in [0, 0.1) is 0 Å². The average molecular weight is 380 g/mol. The first-order valence-electron chi connectivity index (χ1n) is 7.39. The third kappa shape index (κ3) is 3.54. The van der Waals surface area contributed by atoms with Gasteiger partial charge in [0, 0.05) is 6.07 Å². The van der Waals surface area contributed by atoms with Crippen LogP contribution in [0.4, 0.5) is 18.9 Å². The number of alkyl halides is 3. The molecule has 0 spiro atoms. The van der Waals surface area contributed by atoms with Gasteiger partial charge in [0.25, 0.3) is 5.91 Å². The lowest BCUT2D eigenvalue weighted by atomic mass is 10.1. The van der Waals surface area contributed by atoms with E-state index in [0.29, 0.717) is 18.0 Å². The van der Waals surface area contributed by atoms with E-state index in [2.05, 4.69) is 10.3 Å². The number of aromatic nitrogens is 1. The summed E-state index contributed by atoms with van der Waals surface area (Å²) >= 11 is 0. The van der Waals surface area contributed by atoms with Crippen molar-refractivity contribution in [3.8, 4) is 11.6 Å². The molecule has 7 nitrogen and oxygen atoms in total. The van der Waals surface area contributed by atoms with E-state index < -0.39 is 40.2 Å². The number of hydrogen-bond donors (Lipinski definition) is 2. The quantitative estimate of drug-likeness (QED) is 0.677. The van der Waals surface area contributed by atoms with Gasteiger partial charge in [-0.2, -0.15) is 13.2 Å². The maximum absolute atomic E-state index is 12.8. The van der Waals surface area contributed by atoms with Crippen LogP contribution in [0.15, 0.2) is 45.7 Å². The molecular formula is C17H11F3N2O5. The number of rotatable bonds is 3. The standard InChI is InChI=1S/C17H11F3N2O5/c1-26-12-5-3-9(7-21-12)22-15(24)13-14(23)10-4-2-8(17(18,19)20)6-11(10)27-16(13)25/h2-7,23H,1H3,(H,22,24). The second-order valence-electron chi connectivity index (χ2n) is 5.37. The molecule has 0 aliphatic rings. The summed E-state index contributed by atoms with van der Waals surface area (Å²) in [7, 11) is 1.41. The smallest absolute Gasteiger partial charge is 0.416 e. The highest BCUT2D eigenvalue weighted by Gasteiger charge is 2.31. The number of nitrogens with zero attached hydrogens (tertiary/aromatic N) is 1. The molecule has 0 aliphatic carbocycles. The minimum absolute atomic E-state index is 0.201. The fraction of sp³-hybridized carbons (Fsp3) is 0.118. The molecule has 3 rings (SSSR count). The zero-order valence-corrected chi connectivity index (χ0v) is 13.6. The van der Waals surface area contributed by atoms with E-state index in [0.717, 1.165) is 6.07 Å². The molecule has 10 heteroatoms. The van der Waals surface area contributed by atoms with Crippen LogP contribution in [0.3, 0.4) is 0 Å². The SMILES string of the molecule is COc1ccc(NC(=O)c2c(O)c3ccc(C(F)(F)F)cc3oc2=O)cn1. The molecule has 0 atom stereocenters. The molecule has 3 aromatic rings. The molecule has 0 fully saturated rings. The summed E-state index contributed by atoms with van der Waals surface area (Å²) in [6.45, 7) is 0. The van der Waals surface area contributed by atoms with Crippen molar-refractivity contribution in [1.29, 1.82) is 0 Å². The van der Waals surface area contributed by atoms with Gasteiger partial charge in [0.15, 0.2) is 5.56 Å². The van der Waals surface area contributed by atoms with Crippen LogP contribution in [0.1, 0.15) is 15.9 Å². The van der Waals surface area contributed by atoms with Crippen LogP contribution >= 0.6 is 0 Å². The highest BCUT2D eigenvalue weighted by Crippen LogP contribution is 2.34. The topological polar surface area (TPSA) is 102 Å². The van der Waals surface area contributed by atoms with Gasteiger partial charge in [0.1, 0.15) is 11.3 Å². The average Bonchev–Trinajstić information content (AvgIpc) is 2.61. The van der Waals surface area contributed by atoms with Crippen LogP contribution in [-0.2, 0) is 6.18 Å². The molecule has 0 unspecified atom stereocenters. The van der Waals surface area contributed by atoms with Crippen LogP contribution in [-0.4, -0.2) is 23.1 Å². The molecule has 1 aromatic carbocycles. The number of carbonyl (C=O) groups is 1. The third-order valence-electron chi connectivity index (χ3n) is 3.64. The summed E-state index contributed by atoms with van der Waals surface area (Å²) in [4.78, 5) is 28.2. The summed E-state index contributed by atoms with van der Waals surface area (Å²) in [5, 5.41) is 12.3. The van der Waals surface area contributed by atoms with Gasteiger partial charge in [0.05, 0.1) is 29.9 Å². The van der Waals surface area contributed by atoms with Gasteiger partial charge in [-0.3, -0.25) is 4.79 Å². The number of hydrogen-bond acceptors (Lipinski definition) is 6. The summed E-state index contributed by atoms with van der Waals surface area (Å²) in [6, 6.07) is 5.10. The molecule has 27 heavy (non-hydrogen) atoms. The second-order valence-corrected chi connectivity index (χ2v) is 5.37. The van der Waals surface area contributed by atoms with Gasteiger partial charge in [-0.25, -0.2) is 9.78 Å². The number of amides is 1. The zero-order valence-electron chi connectivity index (χ0n) is 13.6. The molecule has 0 bridgehead atoms. The minimum atomic E-state index is -4.65. The molecule has 2 aromatic heterocycles. The highest BCUT2D eigenvalue weighted by atomic mass is 19.4. The molecule has 0 aliphatic heterocycles. The van der Waals surface area contributed by atoms with E-state index in [1.54, 1.807) is 0 Å². The van der Waals surface area contributed by atoms with Crippen molar-refractivity contribution in [1.82, 2.24) is 4.98 Å². The molecule has 1 amide bonds. The van der Waals surface area contributed by atoms with E-state index in [1.165, 1.54) is 25.4 Å². The second kappa shape index (κ2) is 6.63. The largest absolute Gasteiger partial charge is 0.506 e. The van der Waals surface area contributed by atoms with E-state index in [9.17, 15) is 27.9 Å². The van der Waals surface area contributed by atoms with Crippen LogP contribution in [0.25, 0.3) is 11.0 Å². The normalized spacial score (nSPS) is 11.4. The molecule has 140 valence electrons. The van der Waals surface area contributed by atoms with Crippen molar-refractivity contribution in [2.24, 2.45) is 0 Å². The van der Waals surface area contributed by atoms with Gasteiger partial charge < -0.3 is 19.6 Å². The zero-order chi connectivity index (χ0) is 19.8.